The average molecular weight is 199 g/mol. The van der Waals surface area contributed by atoms with E-state index in [1.54, 1.807) is 6.92 Å². The van der Waals surface area contributed by atoms with E-state index in [1.165, 1.54) is 0 Å². The van der Waals surface area contributed by atoms with E-state index in [4.69, 9.17) is 5.11 Å². The molecule has 0 aromatic heterocycles. The maximum atomic E-state index is 11.5. The van der Waals surface area contributed by atoms with Crippen LogP contribution in [0.2, 0.25) is 0 Å². The van der Waals surface area contributed by atoms with Crippen molar-refractivity contribution in [2.75, 3.05) is 6.54 Å². The molecule has 0 unspecified atom stereocenters. The van der Waals surface area contributed by atoms with Gasteiger partial charge in [-0.1, -0.05) is 19.3 Å². The van der Waals surface area contributed by atoms with E-state index in [2.05, 4.69) is 5.32 Å². The first-order chi connectivity index (χ1) is 6.57. The standard InChI is InChI=1S/C10H17NO3/c1-8(12)10(11-7-9(13)14)5-3-2-4-6-10/h11H,2-7H2,1H3,(H,13,14). The molecule has 1 aliphatic carbocycles. The number of hydrogen-bond acceptors (Lipinski definition) is 3. The third-order valence-corrected chi connectivity index (χ3v) is 2.96. The van der Waals surface area contributed by atoms with Crippen LogP contribution in [-0.4, -0.2) is 28.9 Å². The number of Topliss-reactive ketones (excluding diaryl/α,β-unsaturated/α-hetero) is 1. The Labute approximate surface area is 83.7 Å². The fourth-order valence-electron chi connectivity index (χ4n) is 2.05. The van der Waals surface area contributed by atoms with Gasteiger partial charge in [-0.05, 0) is 19.8 Å². The second-order valence-electron chi connectivity index (χ2n) is 3.95. The van der Waals surface area contributed by atoms with Crippen LogP contribution in [0, 0.1) is 0 Å². The highest BCUT2D eigenvalue weighted by atomic mass is 16.4. The third kappa shape index (κ3) is 2.54. The maximum Gasteiger partial charge on any atom is 0.317 e. The van der Waals surface area contributed by atoms with Gasteiger partial charge < -0.3 is 5.11 Å². The van der Waals surface area contributed by atoms with Crippen molar-refractivity contribution in [3.05, 3.63) is 0 Å². The van der Waals surface area contributed by atoms with E-state index < -0.39 is 11.5 Å². The highest BCUT2D eigenvalue weighted by Crippen LogP contribution is 2.28. The van der Waals surface area contributed by atoms with Gasteiger partial charge in [0.2, 0.25) is 0 Å². The topological polar surface area (TPSA) is 66.4 Å². The zero-order chi connectivity index (χ0) is 10.6. The Bertz CT molecular complexity index is 232. The van der Waals surface area contributed by atoms with Gasteiger partial charge in [0.25, 0.3) is 0 Å². The second kappa shape index (κ2) is 4.55. The van der Waals surface area contributed by atoms with Crippen molar-refractivity contribution >= 4 is 11.8 Å². The van der Waals surface area contributed by atoms with Gasteiger partial charge in [0.05, 0.1) is 12.1 Å². The molecule has 0 radical (unpaired) electrons. The van der Waals surface area contributed by atoms with Crippen LogP contribution in [-0.2, 0) is 9.59 Å². The summed E-state index contributed by atoms with van der Waals surface area (Å²) in [5.74, 6) is -0.838. The Balaban J connectivity index is 2.60. The first-order valence-corrected chi connectivity index (χ1v) is 5.05. The zero-order valence-electron chi connectivity index (χ0n) is 8.51. The molecule has 80 valence electrons. The summed E-state index contributed by atoms with van der Waals surface area (Å²) in [6, 6.07) is 0. The van der Waals surface area contributed by atoms with Gasteiger partial charge in [-0.3, -0.25) is 14.9 Å². The lowest BCUT2D eigenvalue weighted by molar-refractivity contribution is -0.137. The highest BCUT2D eigenvalue weighted by Gasteiger charge is 2.36. The molecule has 4 heteroatoms. The summed E-state index contributed by atoms with van der Waals surface area (Å²) in [6.07, 6.45) is 4.70. The van der Waals surface area contributed by atoms with Crippen molar-refractivity contribution in [1.82, 2.24) is 5.32 Å². The average Bonchev–Trinajstić information content (AvgIpc) is 2.16. The minimum absolute atomic E-state index is 0.0680. The molecular weight excluding hydrogens is 182 g/mol. The molecule has 1 rings (SSSR count). The third-order valence-electron chi connectivity index (χ3n) is 2.96. The second-order valence-corrected chi connectivity index (χ2v) is 3.95. The molecular formula is C10H17NO3. The van der Waals surface area contributed by atoms with Gasteiger partial charge in [0.15, 0.2) is 0 Å². The van der Waals surface area contributed by atoms with Crippen LogP contribution in [0.25, 0.3) is 0 Å². The molecule has 4 nitrogen and oxygen atoms in total. The lowest BCUT2D eigenvalue weighted by Crippen LogP contribution is -2.53. The van der Waals surface area contributed by atoms with Gasteiger partial charge in [0.1, 0.15) is 5.78 Å². The summed E-state index contributed by atoms with van der Waals surface area (Å²) < 4.78 is 0. The fourth-order valence-corrected chi connectivity index (χ4v) is 2.05. The number of rotatable bonds is 4. The van der Waals surface area contributed by atoms with Crippen molar-refractivity contribution in [3.8, 4) is 0 Å². The smallest absolute Gasteiger partial charge is 0.317 e. The number of hydrogen-bond donors (Lipinski definition) is 2. The van der Waals surface area contributed by atoms with Gasteiger partial charge >= 0.3 is 5.97 Å². The molecule has 1 saturated carbocycles. The largest absolute Gasteiger partial charge is 0.480 e. The van der Waals surface area contributed by atoms with Gasteiger partial charge in [-0.2, -0.15) is 0 Å². The predicted molar refractivity (Wildman–Crippen MR) is 52.1 cm³/mol. The number of carboxylic acid groups (broad SMARTS) is 1. The van der Waals surface area contributed by atoms with Gasteiger partial charge in [-0.15, -0.1) is 0 Å². The Morgan fingerprint density at radius 3 is 2.29 bits per heavy atom. The number of carboxylic acids is 1. The number of carbonyl (C=O) groups excluding carboxylic acids is 1. The molecule has 0 atom stereocenters. The minimum Gasteiger partial charge on any atom is -0.480 e. The molecule has 0 aromatic rings. The Hall–Kier alpha value is -0.900. The molecule has 0 amide bonds. The van der Waals surface area contributed by atoms with E-state index in [0.29, 0.717) is 0 Å². The van der Waals surface area contributed by atoms with Crippen LogP contribution in [0.15, 0.2) is 0 Å². The van der Waals surface area contributed by atoms with Crippen LogP contribution in [0.1, 0.15) is 39.0 Å². The van der Waals surface area contributed by atoms with E-state index in [0.717, 1.165) is 32.1 Å². The maximum absolute atomic E-state index is 11.5. The van der Waals surface area contributed by atoms with Crippen molar-refractivity contribution in [2.45, 2.75) is 44.6 Å². The summed E-state index contributed by atoms with van der Waals surface area (Å²) in [5.41, 5.74) is -0.559. The summed E-state index contributed by atoms with van der Waals surface area (Å²) in [5, 5.41) is 11.5. The fraction of sp³-hybridized carbons (Fsp3) is 0.800. The van der Waals surface area contributed by atoms with Crippen LogP contribution in [0.3, 0.4) is 0 Å². The number of ketones is 1. The van der Waals surface area contributed by atoms with Crippen molar-refractivity contribution < 1.29 is 14.7 Å². The summed E-state index contributed by atoms with van der Waals surface area (Å²) in [4.78, 5) is 21.9. The quantitative estimate of drug-likeness (QED) is 0.707. The van der Waals surface area contributed by atoms with Crippen molar-refractivity contribution in [2.24, 2.45) is 0 Å². The normalized spacial score (nSPS) is 20.4. The first kappa shape index (κ1) is 11.2. The Morgan fingerprint density at radius 1 is 1.29 bits per heavy atom. The summed E-state index contributed by atoms with van der Waals surface area (Å²) in [7, 11) is 0. The lowest BCUT2D eigenvalue weighted by Gasteiger charge is -2.35. The van der Waals surface area contributed by atoms with E-state index in [9.17, 15) is 9.59 Å². The van der Waals surface area contributed by atoms with E-state index in [-0.39, 0.29) is 12.3 Å². The molecule has 0 saturated heterocycles. The van der Waals surface area contributed by atoms with Gasteiger partial charge in [-0.25, -0.2) is 0 Å². The van der Waals surface area contributed by atoms with Crippen LogP contribution in [0.5, 0.6) is 0 Å². The zero-order valence-corrected chi connectivity index (χ0v) is 8.51. The SMILES string of the molecule is CC(=O)C1(NCC(=O)O)CCCCC1. The lowest BCUT2D eigenvalue weighted by atomic mass is 9.79. The molecule has 0 heterocycles. The monoisotopic (exact) mass is 199 g/mol. The van der Waals surface area contributed by atoms with E-state index in [1.807, 2.05) is 0 Å². The number of aliphatic carboxylic acids is 1. The highest BCUT2D eigenvalue weighted by molar-refractivity contribution is 5.86. The molecule has 2 N–H and O–H groups in total. The van der Waals surface area contributed by atoms with E-state index >= 15 is 0 Å². The molecule has 1 aliphatic rings. The number of nitrogens with one attached hydrogen (secondary N) is 1. The molecule has 0 spiro atoms. The molecule has 0 aromatic carbocycles. The van der Waals surface area contributed by atoms with Crippen molar-refractivity contribution in [1.29, 1.82) is 0 Å². The Morgan fingerprint density at radius 2 is 1.86 bits per heavy atom. The number of carbonyl (C=O) groups is 2. The van der Waals surface area contributed by atoms with Crippen LogP contribution < -0.4 is 5.32 Å². The predicted octanol–water partition coefficient (Wildman–Crippen LogP) is 0.952. The Kier molecular flexibility index (Phi) is 3.63. The van der Waals surface area contributed by atoms with Crippen LogP contribution >= 0.6 is 0 Å². The summed E-state index contributed by atoms with van der Waals surface area (Å²) >= 11 is 0. The molecule has 1 fully saturated rings. The summed E-state index contributed by atoms with van der Waals surface area (Å²) in [6.45, 7) is 1.42. The van der Waals surface area contributed by atoms with Crippen molar-refractivity contribution in [3.63, 3.8) is 0 Å². The minimum atomic E-state index is -0.906. The first-order valence-electron chi connectivity index (χ1n) is 5.05. The molecule has 0 aliphatic heterocycles. The molecule has 14 heavy (non-hydrogen) atoms. The van der Waals surface area contributed by atoms with Gasteiger partial charge in [0, 0.05) is 0 Å². The van der Waals surface area contributed by atoms with Crippen LogP contribution in [0.4, 0.5) is 0 Å². The molecule has 0 bridgehead atoms.